The zero-order valence-corrected chi connectivity index (χ0v) is 17.1. The number of hydrogen-bond donors (Lipinski definition) is 1. The number of benzene rings is 1. The van der Waals surface area contributed by atoms with Crippen molar-refractivity contribution in [1.82, 2.24) is 5.01 Å². The van der Waals surface area contributed by atoms with Gasteiger partial charge >= 0.3 is 6.18 Å². The van der Waals surface area contributed by atoms with Crippen molar-refractivity contribution in [3.05, 3.63) is 29.8 Å². The molecule has 0 saturated heterocycles. The number of hydrogen-bond acceptors (Lipinski definition) is 4. The highest BCUT2D eigenvalue weighted by atomic mass is 19.4. The Kier molecular flexibility index (Phi) is 5.45. The maximum atomic E-state index is 13.8. The summed E-state index contributed by atoms with van der Waals surface area (Å²) in [6, 6.07) is 7.03. The molecule has 1 amide bonds. The van der Waals surface area contributed by atoms with Crippen molar-refractivity contribution in [3.63, 3.8) is 0 Å². The maximum absolute atomic E-state index is 13.8. The first-order chi connectivity index (χ1) is 13.4. The van der Waals surface area contributed by atoms with Crippen molar-refractivity contribution < 1.29 is 27.8 Å². The van der Waals surface area contributed by atoms with Gasteiger partial charge in [-0.15, -0.1) is 0 Å². The molecule has 1 aliphatic carbocycles. The molecule has 1 fully saturated rings. The van der Waals surface area contributed by atoms with Crippen LogP contribution in [0, 0.1) is 11.8 Å². The molecule has 1 aromatic rings. The number of aliphatic hydroxyl groups is 1. The summed E-state index contributed by atoms with van der Waals surface area (Å²) in [6.45, 7) is 7.28. The Morgan fingerprint density at radius 2 is 1.86 bits per heavy atom. The van der Waals surface area contributed by atoms with Crippen molar-refractivity contribution in [2.24, 2.45) is 16.9 Å². The summed E-state index contributed by atoms with van der Waals surface area (Å²) in [4.78, 5) is 12.6. The monoisotopic (exact) mass is 412 g/mol. The molecule has 3 atom stereocenters. The first-order valence-electron chi connectivity index (χ1n) is 9.79. The van der Waals surface area contributed by atoms with Gasteiger partial charge in [-0.25, -0.2) is 0 Å². The largest absolute Gasteiger partial charge is 0.484 e. The van der Waals surface area contributed by atoms with Crippen LogP contribution in [-0.2, 0) is 10.2 Å². The van der Waals surface area contributed by atoms with E-state index in [9.17, 15) is 23.1 Å². The average molecular weight is 412 g/mol. The summed E-state index contributed by atoms with van der Waals surface area (Å²) < 4.78 is 46.8. The van der Waals surface area contributed by atoms with Gasteiger partial charge in [-0.3, -0.25) is 4.79 Å². The molecule has 0 aromatic heterocycles. The minimum absolute atomic E-state index is 0.0593. The zero-order chi connectivity index (χ0) is 21.6. The standard InChI is InChI=1S/C21H27F3N2O3/c1-13-6-5-7-16-18(13)25-26(20(16,28)21(22,23)24)17(27)12-29-15-10-8-14(9-11-15)19(2,3)4/h8-11,13,16,28H,5-7,12H2,1-4H3/t13-,16-,20+/m1/s1. The third kappa shape index (κ3) is 3.86. The fourth-order valence-corrected chi connectivity index (χ4v) is 4.00. The number of halogens is 3. The van der Waals surface area contributed by atoms with Gasteiger partial charge in [0, 0.05) is 5.71 Å². The van der Waals surface area contributed by atoms with E-state index in [0.29, 0.717) is 18.6 Å². The van der Waals surface area contributed by atoms with Crippen LogP contribution in [0.1, 0.15) is 52.5 Å². The normalized spacial score (nSPS) is 27.4. The minimum atomic E-state index is -5.02. The molecule has 1 heterocycles. The van der Waals surface area contributed by atoms with E-state index in [1.54, 1.807) is 19.1 Å². The fraction of sp³-hybridized carbons (Fsp3) is 0.619. The Labute approximate surface area is 168 Å². The molecule has 0 bridgehead atoms. The molecule has 1 saturated carbocycles. The van der Waals surface area contributed by atoms with E-state index >= 15 is 0 Å². The molecule has 0 radical (unpaired) electrons. The summed E-state index contributed by atoms with van der Waals surface area (Å²) in [5.74, 6) is -2.12. The lowest BCUT2D eigenvalue weighted by molar-refractivity contribution is -0.317. The molecule has 8 heteroatoms. The summed E-state index contributed by atoms with van der Waals surface area (Å²) in [7, 11) is 0. The molecule has 0 unspecified atom stereocenters. The van der Waals surface area contributed by atoms with Gasteiger partial charge in [-0.2, -0.15) is 23.3 Å². The van der Waals surface area contributed by atoms with Gasteiger partial charge in [-0.05, 0) is 41.9 Å². The lowest BCUT2D eigenvalue weighted by Crippen LogP contribution is -2.62. The Morgan fingerprint density at radius 3 is 2.41 bits per heavy atom. The van der Waals surface area contributed by atoms with E-state index in [1.807, 2.05) is 12.1 Å². The number of carbonyl (C=O) groups is 1. The molecule has 3 rings (SSSR count). The molecule has 160 valence electrons. The second-order valence-corrected chi connectivity index (χ2v) is 8.90. The van der Waals surface area contributed by atoms with Crippen molar-refractivity contribution in [2.45, 2.75) is 64.3 Å². The minimum Gasteiger partial charge on any atom is -0.484 e. The third-order valence-corrected chi connectivity index (χ3v) is 5.75. The van der Waals surface area contributed by atoms with Crippen LogP contribution < -0.4 is 4.74 Å². The number of hydrazone groups is 1. The van der Waals surface area contributed by atoms with Crippen LogP contribution in [-0.4, -0.2) is 40.2 Å². The SMILES string of the molecule is C[C@@H]1CCC[C@@H]2C1=NN(C(=O)COc1ccc(C(C)(C)C)cc1)[C@@]2(O)C(F)(F)F. The third-order valence-electron chi connectivity index (χ3n) is 5.75. The van der Waals surface area contributed by atoms with Crippen molar-refractivity contribution in [2.75, 3.05) is 6.61 Å². The van der Waals surface area contributed by atoms with Crippen LogP contribution in [0.2, 0.25) is 0 Å². The van der Waals surface area contributed by atoms with Gasteiger partial charge in [0.1, 0.15) is 5.75 Å². The van der Waals surface area contributed by atoms with Crippen LogP contribution in [0.4, 0.5) is 13.2 Å². The van der Waals surface area contributed by atoms with Gasteiger partial charge in [0.2, 0.25) is 0 Å². The number of nitrogens with zero attached hydrogens (tertiary/aromatic N) is 2. The first-order valence-corrected chi connectivity index (χ1v) is 9.79. The van der Waals surface area contributed by atoms with Gasteiger partial charge < -0.3 is 9.84 Å². The molecule has 1 aliphatic heterocycles. The smallest absolute Gasteiger partial charge is 0.439 e. The number of fused-ring (bicyclic) bond motifs is 1. The summed E-state index contributed by atoms with van der Waals surface area (Å²) in [5.41, 5.74) is -2.09. The van der Waals surface area contributed by atoms with Gasteiger partial charge in [0.05, 0.1) is 5.92 Å². The molecule has 1 N–H and O–H groups in total. The summed E-state index contributed by atoms with van der Waals surface area (Å²) in [6.07, 6.45) is -3.66. The lowest BCUT2D eigenvalue weighted by Gasteiger charge is -2.38. The Bertz CT molecular complexity index is 799. The second kappa shape index (κ2) is 7.31. The fourth-order valence-electron chi connectivity index (χ4n) is 4.00. The number of carbonyl (C=O) groups excluding carboxylic acids is 1. The number of alkyl halides is 3. The molecular weight excluding hydrogens is 385 g/mol. The zero-order valence-electron chi connectivity index (χ0n) is 17.1. The molecule has 5 nitrogen and oxygen atoms in total. The predicted octanol–water partition coefficient (Wildman–Crippen LogP) is 4.25. The van der Waals surface area contributed by atoms with Crippen molar-refractivity contribution >= 4 is 11.6 Å². The van der Waals surface area contributed by atoms with Gasteiger partial charge in [0.25, 0.3) is 11.6 Å². The predicted molar refractivity (Wildman–Crippen MR) is 102 cm³/mol. The first kappa shape index (κ1) is 21.6. The van der Waals surface area contributed by atoms with E-state index in [1.165, 1.54) is 0 Å². The summed E-state index contributed by atoms with van der Waals surface area (Å²) in [5, 5.41) is 14.7. The van der Waals surface area contributed by atoms with Gasteiger partial charge in [-0.1, -0.05) is 46.2 Å². The van der Waals surface area contributed by atoms with Crippen molar-refractivity contribution in [1.29, 1.82) is 0 Å². The maximum Gasteiger partial charge on any atom is 0.439 e. The van der Waals surface area contributed by atoms with Crippen LogP contribution >= 0.6 is 0 Å². The van der Waals surface area contributed by atoms with Crippen LogP contribution in [0.5, 0.6) is 5.75 Å². The highest BCUT2D eigenvalue weighted by Gasteiger charge is 2.69. The number of rotatable bonds is 3. The Balaban J connectivity index is 1.78. The topological polar surface area (TPSA) is 62.1 Å². The van der Waals surface area contributed by atoms with Crippen LogP contribution in [0.3, 0.4) is 0 Å². The van der Waals surface area contributed by atoms with E-state index in [-0.39, 0.29) is 28.5 Å². The van der Waals surface area contributed by atoms with E-state index in [2.05, 4.69) is 25.9 Å². The molecule has 29 heavy (non-hydrogen) atoms. The molecule has 0 spiro atoms. The second-order valence-electron chi connectivity index (χ2n) is 8.90. The molecule has 1 aromatic carbocycles. The van der Waals surface area contributed by atoms with Crippen LogP contribution in [0.25, 0.3) is 0 Å². The van der Waals surface area contributed by atoms with E-state index in [4.69, 9.17) is 4.74 Å². The highest BCUT2D eigenvalue weighted by molar-refractivity contribution is 5.95. The number of amides is 1. The highest BCUT2D eigenvalue weighted by Crippen LogP contribution is 2.49. The van der Waals surface area contributed by atoms with Crippen molar-refractivity contribution in [3.8, 4) is 5.75 Å². The van der Waals surface area contributed by atoms with E-state index in [0.717, 1.165) is 5.56 Å². The van der Waals surface area contributed by atoms with E-state index < -0.39 is 30.3 Å². The summed E-state index contributed by atoms with van der Waals surface area (Å²) >= 11 is 0. The quantitative estimate of drug-likeness (QED) is 0.808. The Morgan fingerprint density at radius 1 is 1.24 bits per heavy atom. The molecule has 2 aliphatic rings. The Hall–Kier alpha value is -2.09. The lowest BCUT2D eigenvalue weighted by atomic mass is 9.75. The average Bonchev–Trinajstić information content (AvgIpc) is 2.95. The van der Waals surface area contributed by atoms with Gasteiger partial charge in [0.15, 0.2) is 6.61 Å². The van der Waals surface area contributed by atoms with Crippen LogP contribution in [0.15, 0.2) is 29.4 Å². The molecular formula is C21H27F3N2O3. The number of ether oxygens (including phenoxy) is 1.